The molecule has 0 aliphatic carbocycles. The molecule has 2 aromatic rings. The van der Waals surface area contributed by atoms with E-state index in [0.29, 0.717) is 12.2 Å². The monoisotopic (exact) mass is 217 g/mol. The highest BCUT2D eigenvalue weighted by Gasteiger charge is 2.06. The lowest BCUT2D eigenvalue weighted by Gasteiger charge is -2.02. The summed E-state index contributed by atoms with van der Waals surface area (Å²) in [4.78, 5) is 22.0. The molecule has 0 unspecified atom stereocenters. The van der Waals surface area contributed by atoms with Gasteiger partial charge in [-0.1, -0.05) is 6.07 Å². The molecule has 2 aromatic heterocycles. The van der Waals surface area contributed by atoms with Gasteiger partial charge in [-0.15, -0.1) is 0 Å². The number of nitrogens with one attached hydrogen (secondary N) is 1. The molecule has 0 radical (unpaired) electrons. The molecule has 0 fully saturated rings. The summed E-state index contributed by atoms with van der Waals surface area (Å²) in [5.41, 5.74) is 0.692. The van der Waals surface area contributed by atoms with Crippen LogP contribution in [0.4, 0.5) is 0 Å². The largest absolute Gasteiger partial charge is 0.493 e. The number of nitrogens with zero attached hydrogens (tertiary/aromatic N) is 2. The van der Waals surface area contributed by atoms with Gasteiger partial charge in [-0.25, -0.2) is 0 Å². The summed E-state index contributed by atoms with van der Waals surface area (Å²) in [6.07, 6.45) is 2.06. The topological polar surface area (TPSA) is 78.9 Å². The quantitative estimate of drug-likeness (QED) is 0.778. The number of aromatic amines is 1. The lowest BCUT2D eigenvalue weighted by atomic mass is 10.2. The summed E-state index contributed by atoms with van der Waals surface area (Å²) in [6, 6.07) is 5.50. The lowest BCUT2D eigenvalue weighted by Crippen LogP contribution is -2.14. The van der Waals surface area contributed by atoms with Gasteiger partial charge < -0.3 is 10.1 Å². The van der Waals surface area contributed by atoms with Crippen molar-refractivity contribution in [1.82, 2.24) is 15.0 Å². The molecule has 0 spiro atoms. The molecule has 82 valence electrons. The van der Waals surface area contributed by atoms with Crippen molar-refractivity contribution < 1.29 is 5.11 Å². The van der Waals surface area contributed by atoms with Gasteiger partial charge in [0.1, 0.15) is 5.82 Å². The Morgan fingerprint density at radius 2 is 2.25 bits per heavy atom. The van der Waals surface area contributed by atoms with Crippen molar-refractivity contribution in [3.8, 4) is 5.88 Å². The van der Waals surface area contributed by atoms with Gasteiger partial charge in [-0.3, -0.25) is 9.78 Å². The molecule has 0 aliphatic heterocycles. The predicted molar refractivity (Wildman–Crippen MR) is 58.3 cm³/mol. The molecule has 2 rings (SSSR count). The summed E-state index contributed by atoms with van der Waals surface area (Å²) in [6.45, 7) is 1.52. The Labute approximate surface area is 91.8 Å². The van der Waals surface area contributed by atoms with Crippen LogP contribution < -0.4 is 5.56 Å². The first-order valence-electron chi connectivity index (χ1n) is 4.85. The molecule has 5 heteroatoms. The zero-order valence-corrected chi connectivity index (χ0v) is 8.77. The molecule has 0 aliphatic rings. The van der Waals surface area contributed by atoms with Crippen molar-refractivity contribution in [3.63, 3.8) is 0 Å². The number of hydrogen-bond acceptors (Lipinski definition) is 4. The molecule has 0 atom stereocenters. The zero-order valence-electron chi connectivity index (χ0n) is 8.77. The first-order valence-corrected chi connectivity index (χ1v) is 4.85. The highest BCUT2D eigenvalue weighted by molar-refractivity contribution is 5.21. The Morgan fingerprint density at radius 1 is 1.44 bits per heavy atom. The van der Waals surface area contributed by atoms with E-state index in [1.807, 2.05) is 18.2 Å². The molecule has 0 bridgehead atoms. The van der Waals surface area contributed by atoms with Crippen LogP contribution in [0.1, 0.15) is 17.1 Å². The summed E-state index contributed by atoms with van der Waals surface area (Å²) in [7, 11) is 0. The average Bonchev–Trinajstić information content (AvgIpc) is 2.27. The number of aromatic hydroxyl groups is 1. The maximum atomic E-state index is 11.4. The number of H-pyrrole nitrogens is 1. The van der Waals surface area contributed by atoms with Gasteiger partial charge in [0, 0.05) is 18.3 Å². The second kappa shape index (κ2) is 4.14. The van der Waals surface area contributed by atoms with Crippen molar-refractivity contribution >= 4 is 0 Å². The minimum Gasteiger partial charge on any atom is -0.493 e. The van der Waals surface area contributed by atoms with Gasteiger partial charge in [0.2, 0.25) is 5.88 Å². The van der Waals surface area contributed by atoms with E-state index in [2.05, 4.69) is 15.0 Å². The van der Waals surface area contributed by atoms with E-state index < -0.39 is 0 Å². The minimum atomic E-state index is -0.321. The van der Waals surface area contributed by atoms with Crippen LogP contribution in [0.5, 0.6) is 5.88 Å². The van der Waals surface area contributed by atoms with E-state index in [-0.39, 0.29) is 17.0 Å². The molecule has 0 saturated carbocycles. The van der Waals surface area contributed by atoms with Crippen LogP contribution in [0.15, 0.2) is 29.2 Å². The third-order valence-corrected chi connectivity index (χ3v) is 2.25. The maximum absolute atomic E-state index is 11.4. The summed E-state index contributed by atoms with van der Waals surface area (Å²) in [5.74, 6) is 0.182. The van der Waals surface area contributed by atoms with Gasteiger partial charge in [0.25, 0.3) is 5.56 Å². The number of rotatable bonds is 2. The van der Waals surface area contributed by atoms with Crippen LogP contribution in [0, 0.1) is 6.92 Å². The fourth-order valence-corrected chi connectivity index (χ4v) is 1.32. The van der Waals surface area contributed by atoms with Crippen LogP contribution in [0.2, 0.25) is 0 Å². The van der Waals surface area contributed by atoms with Gasteiger partial charge >= 0.3 is 0 Å². The second-order valence-electron chi connectivity index (χ2n) is 3.46. The SMILES string of the molecule is Cc1c(O)nc(Cc2ccccn2)[nH]c1=O. The highest BCUT2D eigenvalue weighted by atomic mass is 16.3. The Morgan fingerprint density at radius 3 is 2.88 bits per heavy atom. The maximum Gasteiger partial charge on any atom is 0.257 e. The van der Waals surface area contributed by atoms with Crippen molar-refractivity contribution in [1.29, 1.82) is 0 Å². The van der Waals surface area contributed by atoms with Crippen molar-refractivity contribution in [2.24, 2.45) is 0 Å². The minimum absolute atomic E-state index is 0.227. The van der Waals surface area contributed by atoms with E-state index in [1.54, 1.807) is 6.20 Å². The van der Waals surface area contributed by atoms with Gasteiger partial charge in [0.05, 0.1) is 5.56 Å². The van der Waals surface area contributed by atoms with Crippen molar-refractivity contribution in [2.75, 3.05) is 0 Å². The normalized spacial score (nSPS) is 10.3. The average molecular weight is 217 g/mol. The van der Waals surface area contributed by atoms with E-state index >= 15 is 0 Å². The molecule has 5 nitrogen and oxygen atoms in total. The molecule has 0 saturated heterocycles. The first-order chi connectivity index (χ1) is 7.66. The smallest absolute Gasteiger partial charge is 0.257 e. The molecule has 2 N–H and O–H groups in total. The van der Waals surface area contributed by atoms with Crippen LogP contribution in [-0.4, -0.2) is 20.1 Å². The van der Waals surface area contributed by atoms with E-state index in [0.717, 1.165) is 5.69 Å². The molecular weight excluding hydrogens is 206 g/mol. The Hall–Kier alpha value is -2.17. The van der Waals surface area contributed by atoms with Gasteiger partial charge in [0.15, 0.2) is 0 Å². The van der Waals surface area contributed by atoms with Gasteiger partial charge in [-0.05, 0) is 19.1 Å². The lowest BCUT2D eigenvalue weighted by molar-refractivity contribution is 0.443. The standard InChI is InChI=1S/C11H11N3O2/c1-7-10(15)13-9(14-11(7)16)6-8-4-2-3-5-12-8/h2-5H,6H2,1H3,(H2,13,14,15,16). The Balaban J connectivity index is 2.33. The predicted octanol–water partition coefficient (Wildman–Crippen LogP) is 0.770. The van der Waals surface area contributed by atoms with E-state index in [4.69, 9.17) is 0 Å². The molecule has 16 heavy (non-hydrogen) atoms. The molecular formula is C11H11N3O2. The van der Waals surface area contributed by atoms with Crippen LogP contribution >= 0.6 is 0 Å². The van der Waals surface area contributed by atoms with Crippen LogP contribution in [-0.2, 0) is 6.42 Å². The molecule has 0 amide bonds. The molecule has 2 heterocycles. The number of hydrogen-bond donors (Lipinski definition) is 2. The number of aromatic nitrogens is 3. The zero-order chi connectivity index (χ0) is 11.5. The molecule has 0 aromatic carbocycles. The first kappa shape index (κ1) is 10.4. The van der Waals surface area contributed by atoms with Crippen LogP contribution in [0.25, 0.3) is 0 Å². The van der Waals surface area contributed by atoms with Crippen molar-refractivity contribution in [2.45, 2.75) is 13.3 Å². The summed E-state index contributed by atoms with van der Waals surface area (Å²) < 4.78 is 0. The fraction of sp³-hybridized carbons (Fsp3) is 0.182. The third-order valence-electron chi connectivity index (χ3n) is 2.25. The van der Waals surface area contributed by atoms with Crippen LogP contribution in [0.3, 0.4) is 0 Å². The van der Waals surface area contributed by atoms with E-state index in [9.17, 15) is 9.90 Å². The van der Waals surface area contributed by atoms with E-state index in [1.165, 1.54) is 6.92 Å². The summed E-state index contributed by atoms with van der Waals surface area (Å²) in [5, 5.41) is 9.41. The fourth-order valence-electron chi connectivity index (χ4n) is 1.32. The highest BCUT2D eigenvalue weighted by Crippen LogP contribution is 2.08. The summed E-state index contributed by atoms with van der Waals surface area (Å²) >= 11 is 0. The van der Waals surface area contributed by atoms with Gasteiger partial charge in [-0.2, -0.15) is 4.98 Å². The second-order valence-corrected chi connectivity index (χ2v) is 3.46. The Bertz CT molecular complexity index is 549. The van der Waals surface area contributed by atoms with Crippen molar-refractivity contribution in [3.05, 3.63) is 51.8 Å². The third kappa shape index (κ3) is 2.08. The number of pyridine rings is 1. The Kier molecular flexibility index (Phi) is 2.68.